The minimum Gasteiger partial charge on any atom is -0.303 e. The number of hydrogen-bond donors (Lipinski definition) is 0. The highest BCUT2D eigenvalue weighted by atomic mass is 16.2. The molecule has 0 bridgehead atoms. The van der Waals surface area contributed by atoms with Crippen LogP contribution in [0.1, 0.15) is 42.1 Å². The molecule has 1 amide bonds. The van der Waals surface area contributed by atoms with Crippen LogP contribution in [0.3, 0.4) is 0 Å². The smallest absolute Gasteiger partial charge is 0.233 e. The highest BCUT2D eigenvalue weighted by molar-refractivity contribution is 6.00. The van der Waals surface area contributed by atoms with Gasteiger partial charge in [-0.1, -0.05) is 62.4 Å². The van der Waals surface area contributed by atoms with E-state index < -0.39 is 0 Å². The zero-order valence-electron chi connectivity index (χ0n) is 20.5. The molecule has 0 aliphatic carbocycles. The van der Waals surface area contributed by atoms with Crippen LogP contribution < -0.4 is 4.90 Å². The average molecular weight is 475 g/mol. The number of anilines is 1. The van der Waals surface area contributed by atoms with Crippen molar-refractivity contribution in [1.29, 1.82) is 0 Å². The molecule has 2 aromatic carbocycles. The van der Waals surface area contributed by atoms with Crippen LogP contribution in [0.2, 0.25) is 0 Å². The summed E-state index contributed by atoms with van der Waals surface area (Å²) in [4.78, 5) is 33.4. The van der Waals surface area contributed by atoms with Gasteiger partial charge in [0.2, 0.25) is 5.91 Å². The highest BCUT2D eigenvalue weighted by Gasteiger charge is 2.30. The quantitative estimate of drug-likeness (QED) is 0.342. The van der Waals surface area contributed by atoms with Crippen LogP contribution in [0.4, 0.5) is 5.82 Å². The van der Waals surface area contributed by atoms with Gasteiger partial charge >= 0.3 is 0 Å². The molecule has 178 valence electrons. The van der Waals surface area contributed by atoms with E-state index in [0.717, 1.165) is 39.3 Å². The van der Waals surface area contributed by atoms with Crippen LogP contribution >= 0.6 is 0 Å². The van der Waals surface area contributed by atoms with Crippen LogP contribution in [-0.2, 0) is 17.8 Å². The standard InChI is InChI=1S/C29H26N6O/c1-18(2)23-6-4-5-7-24(23)27-31-15-22-14-25(36)35(28(22)33-27)17-20-8-10-21(11-9-20)26-29-30-12-13-34(29)16-19(3)32-26/h4-13,15-16,18H,14,17H2,1-3H3. The molecule has 36 heavy (non-hydrogen) atoms. The summed E-state index contributed by atoms with van der Waals surface area (Å²) in [7, 11) is 0. The zero-order valence-corrected chi connectivity index (χ0v) is 20.5. The van der Waals surface area contributed by atoms with Crippen LogP contribution in [0.15, 0.2) is 73.3 Å². The predicted octanol–water partition coefficient (Wildman–Crippen LogP) is 5.37. The van der Waals surface area contributed by atoms with Crippen LogP contribution in [0.25, 0.3) is 28.3 Å². The molecule has 0 unspecified atom stereocenters. The molecule has 0 saturated carbocycles. The first kappa shape index (κ1) is 22.1. The minimum atomic E-state index is 0.0390. The van der Waals surface area contributed by atoms with Crippen molar-refractivity contribution in [3.05, 3.63) is 95.7 Å². The molecule has 4 heterocycles. The van der Waals surface area contributed by atoms with Crippen molar-refractivity contribution in [2.45, 2.75) is 39.7 Å². The number of aryl methyl sites for hydroxylation is 1. The Bertz CT molecular complexity index is 1600. The third kappa shape index (κ3) is 3.82. The van der Waals surface area contributed by atoms with Crippen LogP contribution in [0.5, 0.6) is 0 Å². The number of benzene rings is 2. The fourth-order valence-corrected chi connectivity index (χ4v) is 4.83. The Balaban J connectivity index is 1.31. The lowest BCUT2D eigenvalue weighted by Gasteiger charge is -2.18. The number of rotatable bonds is 5. The number of aromatic nitrogens is 5. The second-order valence-corrected chi connectivity index (χ2v) is 9.53. The minimum absolute atomic E-state index is 0.0390. The second kappa shape index (κ2) is 8.68. The van der Waals surface area contributed by atoms with Gasteiger partial charge in [-0.25, -0.2) is 19.9 Å². The monoisotopic (exact) mass is 474 g/mol. The largest absolute Gasteiger partial charge is 0.303 e. The second-order valence-electron chi connectivity index (χ2n) is 9.53. The summed E-state index contributed by atoms with van der Waals surface area (Å²) in [5.41, 5.74) is 7.67. The van der Waals surface area contributed by atoms with E-state index in [0.29, 0.717) is 30.5 Å². The Morgan fingerprint density at radius 2 is 1.81 bits per heavy atom. The first-order chi connectivity index (χ1) is 17.5. The number of imidazole rings is 1. The molecule has 6 rings (SSSR count). The average Bonchev–Trinajstić information content (AvgIpc) is 3.47. The third-order valence-corrected chi connectivity index (χ3v) is 6.63. The highest BCUT2D eigenvalue weighted by Crippen LogP contribution is 2.33. The molecule has 7 heteroatoms. The van der Waals surface area contributed by atoms with Gasteiger partial charge in [0.1, 0.15) is 11.5 Å². The Kier molecular flexibility index (Phi) is 5.33. The molecular formula is C29H26N6O. The van der Waals surface area contributed by atoms with Gasteiger partial charge in [-0.2, -0.15) is 0 Å². The van der Waals surface area contributed by atoms with Crippen molar-refractivity contribution in [3.63, 3.8) is 0 Å². The number of carbonyl (C=O) groups excluding carboxylic acids is 1. The molecule has 0 atom stereocenters. The Hall–Kier alpha value is -4.39. The van der Waals surface area contributed by atoms with E-state index in [-0.39, 0.29) is 5.91 Å². The van der Waals surface area contributed by atoms with E-state index in [1.54, 1.807) is 17.3 Å². The van der Waals surface area contributed by atoms with Crippen molar-refractivity contribution >= 4 is 17.4 Å². The summed E-state index contributed by atoms with van der Waals surface area (Å²) in [6.07, 6.45) is 7.79. The number of hydrogen-bond acceptors (Lipinski definition) is 5. The summed E-state index contributed by atoms with van der Waals surface area (Å²) in [5.74, 6) is 1.74. The number of nitrogens with zero attached hydrogens (tertiary/aromatic N) is 6. The Morgan fingerprint density at radius 1 is 1.00 bits per heavy atom. The fraction of sp³-hybridized carbons (Fsp3) is 0.207. The molecule has 3 aromatic heterocycles. The topological polar surface area (TPSA) is 76.3 Å². The molecule has 0 spiro atoms. The van der Waals surface area contributed by atoms with Gasteiger partial charge in [-0.15, -0.1) is 0 Å². The lowest BCUT2D eigenvalue weighted by Crippen LogP contribution is -2.26. The Morgan fingerprint density at radius 3 is 2.61 bits per heavy atom. The normalized spacial score (nSPS) is 13.1. The van der Waals surface area contributed by atoms with Gasteiger partial charge in [0, 0.05) is 41.5 Å². The predicted molar refractivity (Wildman–Crippen MR) is 140 cm³/mol. The van der Waals surface area contributed by atoms with Gasteiger partial charge in [0.25, 0.3) is 0 Å². The van der Waals surface area contributed by atoms with Gasteiger partial charge in [-0.3, -0.25) is 9.69 Å². The van der Waals surface area contributed by atoms with Gasteiger partial charge < -0.3 is 4.40 Å². The van der Waals surface area contributed by atoms with E-state index in [2.05, 4.69) is 29.9 Å². The number of fused-ring (bicyclic) bond motifs is 2. The molecule has 1 aliphatic heterocycles. The molecule has 1 aliphatic rings. The van der Waals surface area contributed by atoms with Gasteiger partial charge in [0.15, 0.2) is 11.5 Å². The summed E-state index contributed by atoms with van der Waals surface area (Å²) in [5, 5.41) is 0. The van der Waals surface area contributed by atoms with Gasteiger partial charge in [0.05, 0.1) is 18.7 Å². The van der Waals surface area contributed by atoms with Crippen molar-refractivity contribution in [2.75, 3.05) is 4.90 Å². The van der Waals surface area contributed by atoms with E-state index in [1.165, 1.54) is 5.56 Å². The van der Waals surface area contributed by atoms with E-state index in [4.69, 9.17) is 9.97 Å². The maximum Gasteiger partial charge on any atom is 0.233 e. The molecule has 0 N–H and O–H groups in total. The van der Waals surface area contributed by atoms with E-state index in [9.17, 15) is 4.79 Å². The van der Waals surface area contributed by atoms with Gasteiger partial charge in [-0.05, 0) is 24.0 Å². The van der Waals surface area contributed by atoms with Crippen LogP contribution in [-0.4, -0.2) is 30.2 Å². The fourth-order valence-electron chi connectivity index (χ4n) is 4.83. The summed E-state index contributed by atoms with van der Waals surface area (Å²) in [6, 6.07) is 16.4. The SMILES string of the molecule is Cc1cn2ccnc2c(-c2ccc(CN3C(=O)Cc4cnc(-c5ccccc5C(C)C)nc43)cc2)n1. The summed E-state index contributed by atoms with van der Waals surface area (Å²) >= 11 is 0. The van der Waals surface area contributed by atoms with Crippen molar-refractivity contribution < 1.29 is 4.79 Å². The first-order valence-electron chi connectivity index (χ1n) is 12.1. The molecule has 0 saturated heterocycles. The maximum atomic E-state index is 12.9. The number of carbonyl (C=O) groups is 1. The summed E-state index contributed by atoms with van der Waals surface area (Å²) < 4.78 is 1.99. The van der Waals surface area contributed by atoms with Crippen molar-refractivity contribution in [3.8, 4) is 22.6 Å². The summed E-state index contributed by atoms with van der Waals surface area (Å²) in [6.45, 7) is 6.75. The third-order valence-electron chi connectivity index (χ3n) is 6.63. The number of amides is 1. The van der Waals surface area contributed by atoms with Crippen molar-refractivity contribution in [1.82, 2.24) is 24.3 Å². The first-order valence-corrected chi connectivity index (χ1v) is 12.1. The van der Waals surface area contributed by atoms with E-state index in [1.807, 2.05) is 66.2 Å². The lowest BCUT2D eigenvalue weighted by atomic mass is 9.97. The maximum absolute atomic E-state index is 12.9. The molecule has 5 aromatic rings. The van der Waals surface area contributed by atoms with Crippen molar-refractivity contribution in [2.24, 2.45) is 0 Å². The zero-order chi connectivity index (χ0) is 24.8. The van der Waals surface area contributed by atoms with E-state index >= 15 is 0 Å². The lowest BCUT2D eigenvalue weighted by molar-refractivity contribution is -0.117. The Labute approximate surface area is 209 Å². The molecule has 7 nitrogen and oxygen atoms in total. The molecule has 0 radical (unpaired) electrons. The molecule has 0 fully saturated rings. The molecular weight excluding hydrogens is 448 g/mol. The van der Waals surface area contributed by atoms with Crippen LogP contribution in [0, 0.1) is 6.92 Å².